The molecule has 0 saturated heterocycles. The van der Waals surface area contributed by atoms with Crippen molar-refractivity contribution in [3.8, 4) is 11.3 Å². The van der Waals surface area contributed by atoms with Gasteiger partial charge < -0.3 is 5.73 Å². The van der Waals surface area contributed by atoms with Gasteiger partial charge in [0.25, 0.3) is 0 Å². The van der Waals surface area contributed by atoms with E-state index < -0.39 is 0 Å². The maximum Gasteiger partial charge on any atom is 0.212 e. The van der Waals surface area contributed by atoms with E-state index in [1.54, 1.807) is 16.6 Å². The van der Waals surface area contributed by atoms with Gasteiger partial charge in [-0.25, -0.2) is 13.9 Å². The van der Waals surface area contributed by atoms with Gasteiger partial charge in [0.2, 0.25) is 4.96 Å². The van der Waals surface area contributed by atoms with Crippen molar-refractivity contribution in [3.05, 3.63) is 41.3 Å². The summed E-state index contributed by atoms with van der Waals surface area (Å²) >= 11 is 1.47. The zero-order valence-electron chi connectivity index (χ0n) is 9.67. The number of rotatable bonds is 2. The second kappa shape index (κ2) is 4.15. The predicted molar refractivity (Wildman–Crippen MR) is 68.9 cm³/mol. The van der Waals surface area contributed by atoms with Crippen LogP contribution in [0.3, 0.4) is 0 Å². The molecule has 2 aromatic heterocycles. The van der Waals surface area contributed by atoms with Crippen molar-refractivity contribution in [3.63, 3.8) is 0 Å². The van der Waals surface area contributed by atoms with Crippen LogP contribution in [0.1, 0.15) is 18.0 Å². The van der Waals surface area contributed by atoms with E-state index in [0.717, 1.165) is 21.2 Å². The van der Waals surface area contributed by atoms with Crippen LogP contribution in [0.15, 0.2) is 30.5 Å². The lowest BCUT2D eigenvalue weighted by Crippen LogP contribution is -2.04. The lowest BCUT2D eigenvalue weighted by molar-refractivity contribution is 0.628. The fraction of sp³-hybridized carbons (Fsp3) is 0.167. The summed E-state index contributed by atoms with van der Waals surface area (Å²) in [6, 6.07) is 6.15. The Morgan fingerprint density at radius 1 is 1.33 bits per heavy atom. The number of imidazole rings is 1. The Balaban J connectivity index is 2.03. The van der Waals surface area contributed by atoms with Crippen LogP contribution in [0.25, 0.3) is 16.2 Å². The lowest BCUT2D eigenvalue weighted by atomic mass is 10.2. The third-order valence-electron chi connectivity index (χ3n) is 2.59. The average molecular weight is 262 g/mol. The molecule has 0 amide bonds. The molecule has 0 saturated carbocycles. The highest BCUT2D eigenvalue weighted by molar-refractivity contribution is 7.16. The van der Waals surface area contributed by atoms with Crippen LogP contribution in [0.2, 0.25) is 0 Å². The molecule has 4 nitrogen and oxygen atoms in total. The predicted octanol–water partition coefficient (Wildman–Crippen LogP) is 2.62. The summed E-state index contributed by atoms with van der Waals surface area (Å²) in [5.41, 5.74) is 7.42. The molecule has 0 aliphatic carbocycles. The van der Waals surface area contributed by atoms with Gasteiger partial charge in [-0.3, -0.25) is 0 Å². The highest BCUT2D eigenvalue weighted by Crippen LogP contribution is 2.24. The molecule has 0 spiro atoms. The minimum absolute atomic E-state index is 0.0917. The molecule has 0 aliphatic rings. The third kappa shape index (κ3) is 1.89. The van der Waals surface area contributed by atoms with Gasteiger partial charge in [0.1, 0.15) is 10.8 Å². The molecular formula is C12H11FN4S. The van der Waals surface area contributed by atoms with Gasteiger partial charge >= 0.3 is 0 Å². The maximum absolute atomic E-state index is 12.8. The molecule has 0 bridgehead atoms. The Morgan fingerprint density at radius 2 is 2.06 bits per heavy atom. The minimum Gasteiger partial charge on any atom is -0.322 e. The number of hydrogen-bond donors (Lipinski definition) is 1. The molecule has 1 aromatic carbocycles. The van der Waals surface area contributed by atoms with Crippen LogP contribution in [-0.2, 0) is 0 Å². The van der Waals surface area contributed by atoms with Crippen LogP contribution in [0.4, 0.5) is 4.39 Å². The summed E-state index contributed by atoms with van der Waals surface area (Å²) < 4.78 is 14.5. The van der Waals surface area contributed by atoms with Crippen molar-refractivity contribution in [2.24, 2.45) is 5.73 Å². The highest BCUT2D eigenvalue weighted by atomic mass is 32.1. The molecule has 3 aromatic rings. The molecule has 2 heterocycles. The molecule has 92 valence electrons. The first-order chi connectivity index (χ1) is 8.63. The van der Waals surface area contributed by atoms with Crippen molar-refractivity contribution in [2.45, 2.75) is 13.0 Å². The summed E-state index contributed by atoms with van der Waals surface area (Å²) in [5.74, 6) is -0.253. The van der Waals surface area contributed by atoms with E-state index in [0.29, 0.717) is 0 Å². The van der Waals surface area contributed by atoms with Gasteiger partial charge in [-0.2, -0.15) is 5.10 Å². The zero-order chi connectivity index (χ0) is 12.7. The van der Waals surface area contributed by atoms with Gasteiger partial charge in [-0.1, -0.05) is 11.3 Å². The molecule has 6 heteroatoms. The van der Waals surface area contributed by atoms with Crippen LogP contribution in [0.5, 0.6) is 0 Å². The standard InChI is InChI=1S/C12H11FN4S/c1-7(14)11-16-17-6-10(15-12(17)18-11)8-2-4-9(13)5-3-8/h2-7H,14H2,1H3. The molecule has 1 unspecified atom stereocenters. The van der Waals surface area contributed by atoms with Crippen molar-refractivity contribution in [2.75, 3.05) is 0 Å². The Kier molecular flexibility index (Phi) is 2.61. The monoisotopic (exact) mass is 262 g/mol. The van der Waals surface area contributed by atoms with E-state index in [1.807, 2.05) is 13.1 Å². The maximum atomic E-state index is 12.8. The topological polar surface area (TPSA) is 56.2 Å². The summed E-state index contributed by atoms with van der Waals surface area (Å²) in [4.78, 5) is 5.25. The molecule has 0 aliphatic heterocycles. The first-order valence-electron chi connectivity index (χ1n) is 5.51. The number of fused-ring (bicyclic) bond motifs is 1. The van der Waals surface area contributed by atoms with Crippen LogP contribution < -0.4 is 5.73 Å². The highest BCUT2D eigenvalue weighted by Gasteiger charge is 2.11. The Morgan fingerprint density at radius 3 is 2.67 bits per heavy atom. The average Bonchev–Trinajstić information content (AvgIpc) is 2.87. The Bertz CT molecular complexity index is 652. The number of aromatic nitrogens is 3. The van der Waals surface area contributed by atoms with Gasteiger partial charge in [0.15, 0.2) is 0 Å². The fourth-order valence-electron chi connectivity index (χ4n) is 1.66. The Labute approximate surface area is 107 Å². The van der Waals surface area contributed by atoms with E-state index >= 15 is 0 Å². The first kappa shape index (κ1) is 11.3. The fourth-order valence-corrected chi connectivity index (χ4v) is 2.49. The summed E-state index contributed by atoms with van der Waals surface area (Å²) in [6.07, 6.45) is 1.82. The van der Waals surface area contributed by atoms with Gasteiger partial charge in [-0.15, -0.1) is 0 Å². The lowest BCUT2D eigenvalue weighted by Gasteiger charge is -1.96. The van der Waals surface area contributed by atoms with Crippen molar-refractivity contribution in [1.82, 2.24) is 14.6 Å². The molecule has 0 radical (unpaired) electrons. The molecule has 2 N–H and O–H groups in total. The van der Waals surface area contributed by atoms with Crippen molar-refractivity contribution < 1.29 is 4.39 Å². The number of nitrogens with two attached hydrogens (primary N) is 1. The third-order valence-corrected chi connectivity index (χ3v) is 3.71. The molecule has 18 heavy (non-hydrogen) atoms. The van der Waals surface area contributed by atoms with E-state index in [9.17, 15) is 4.39 Å². The van der Waals surface area contributed by atoms with E-state index in [4.69, 9.17) is 5.73 Å². The zero-order valence-corrected chi connectivity index (χ0v) is 10.5. The number of hydrogen-bond acceptors (Lipinski definition) is 4. The van der Waals surface area contributed by atoms with Crippen LogP contribution >= 0.6 is 11.3 Å². The van der Waals surface area contributed by atoms with Crippen LogP contribution in [0, 0.1) is 5.82 Å². The molecular weight excluding hydrogens is 251 g/mol. The summed E-state index contributed by atoms with van der Waals surface area (Å²) in [7, 11) is 0. The smallest absolute Gasteiger partial charge is 0.212 e. The summed E-state index contributed by atoms with van der Waals surface area (Å²) in [6.45, 7) is 1.89. The van der Waals surface area contributed by atoms with Gasteiger partial charge in [-0.05, 0) is 31.2 Å². The second-order valence-corrected chi connectivity index (χ2v) is 5.08. The molecule has 1 atom stereocenters. The second-order valence-electron chi connectivity index (χ2n) is 4.09. The van der Waals surface area contributed by atoms with Crippen molar-refractivity contribution in [1.29, 1.82) is 0 Å². The number of benzene rings is 1. The number of nitrogens with zero attached hydrogens (tertiary/aromatic N) is 3. The van der Waals surface area contributed by atoms with E-state index in [2.05, 4.69) is 10.1 Å². The number of halogens is 1. The minimum atomic E-state index is -0.253. The van der Waals surface area contributed by atoms with Crippen LogP contribution in [-0.4, -0.2) is 14.6 Å². The SMILES string of the molecule is CC(N)c1nn2cc(-c3ccc(F)cc3)nc2s1. The Hall–Kier alpha value is -1.79. The summed E-state index contributed by atoms with van der Waals surface area (Å²) in [5, 5.41) is 5.20. The molecule has 3 rings (SSSR count). The molecule has 0 fully saturated rings. The van der Waals surface area contributed by atoms with E-state index in [1.165, 1.54) is 23.5 Å². The van der Waals surface area contributed by atoms with Gasteiger partial charge in [0.05, 0.1) is 17.9 Å². The quantitative estimate of drug-likeness (QED) is 0.772. The largest absolute Gasteiger partial charge is 0.322 e. The first-order valence-corrected chi connectivity index (χ1v) is 6.33. The van der Waals surface area contributed by atoms with Gasteiger partial charge in [0, 0.05) is 5.56 Å². The normalized spacial score (nSPS) is 13.1. The van der Waals surface area contributed by atoms with E-state index in [-0.39, 0.29) is 11.9 Å². The van der Waals surface area contributed by atoms with Crippen molar-refractivity contribution >= 4 is 16.3 Å².